The summed E-state index contributed by atoms with van der Waals surface area (Å²) in [6.07, 6.45) is -2.81. The minimum Gasteiger partial charge on any atom is -0.484 e. The lowest BCUT2D eigenvalue weighted by molar-refractivity contribution is -0.137. The summed E-state index contributed by atoms with van der Waals surface area (Å²) in [5.41, 5.74) is -0.147. The van der Waals surface area contributed by atoms with Crippen LogP contribution in [0.2, 0.25) is 0 Å². The normalized spacial score (nSPS) is 15.6. The predicted molar refractivity (Wildman–Crippen MR) is 122 cm³/mol. The first-order valence-corrected chi connectivity index (χ1v) is 10.7. The molecule has 168 valence electrons. The van der Waals surface area contributed by atoms with E-state index in [0.717, 1.165) is 12.1 Å². The summed E-state index contributed by atoms with van der Waals surface area (Å²) in [5, 5.41) is 2.38. The van der Waals surface area contributed by atoms with E-state index in [1.165, 1.54) is 23.9 Å². The molecule has 3 rings (SSSR count). The minimum atomic E-state index is -4.50. The molecule has 1 N–H and O–H groups in total. The van der Waals surface area contributed by atoms with E-state index in [4.69, 9.17) is 17.0 Å². The summed E-state index contributed by atoms with van der Waals surface area (Å²) in [7, 11) is 0. The van der Waals surface area contributed by atoms with Crippen molar-refractivity contribution in [3.8, 4) is 5.75 Å². The van der Waals surface area contributed by atoms with Crippen molar-refractivity contribution in [2.75, 3.05) is 11.9 Å². The number of rotatable bonds is 6. The van der Waals surface area contributed by atoms with Crippen LogP contribution in [0.3, 0.4) is 0 Å². The Labute approximate surface area is 192 Å². The van der Waals surface area contributed by atoms with E-state index < -0.39 is 24.3 Å². The summed E-state index contributed by atoms with van der Waals surface area (Å²) in [4.78, 5) is 26.6. The van der Waals surface area contributed by atoms with E-state index in [9.17, 15) is 22.8 Å². The van der Waals surface area contributed by atoms with Crippen molar-refractivity contribution in [2.24, 2.45) is 0 Å². The second kappa shape index (κ2) is 9.74. The number of benzene rings is 2. The third-order valence-corrected chi connectivity index (χ3v) is 5.67. The third-order valence-electron chi connectivity index (χ3n) is 4.34. The number of hydrogen-bond donors (Lipinski definition) is 1. The van der Waals surface area contributed by atoms with E-state index in [0.29, 0.717) is 20.5 Å². The standard InChI is InChI=1S/C22H19F3N2O3S2/c1-13(2)27-20(29)18(32-21(27)31)10-14-5-3-8-17(9-14)30-12-19(28)26-16-7-4-6-15(11-16)22(23,24)25/h3-11,13H,12H2,1-2H3,(H,26,28)/b18-10-. The molecule has 0 atom stereocenters. The fourth-order valence-electron chi connectivity index (χ4n) is 2.89. The summed E-state index contributed by atoms with van der Waals surface area (Å²) in [6, 6.07) is 11.1. The van der Waals surface area contributed by atoms with Gasteiger partial charge in [0.15, 0.2) is 6.61 Å². The Kier molecular flexibility index (Phi) is 7.25. The zero-order chi connectivity index (χ0) is 23.5. The molecule has 1 heterocycles. The molecule has 1 aliphatic heterocycles. The Hall–Kier alpha value is -2.85. The van der Waals surface area contributed by atoms with E-state index in [1.54, 1.807) is 35.2 Å². The average molecular weight is 481 g/mol. The minimum absolute atomic E-state index is 0.0226. The third kappa shape index (κ3) is 5.89. The van der Waals surface area contributed by atoms with E-state index in [1.807, 2.05) is 13.8 Å². The first-order chi connectivity index (χ1) is 15.0. The lowest BCUT2D eigenvalue weighted by Gasteiger charge is -2.18. The highest BCUT2D eigenvalue weighted by molar-refractivity contribution is 8.26. The number of thioether (sulfide) groups is 1. The van der Waals surface area contributed by atoms with Gasteiger partial charge in [0.2, 0.25) is 0 Å². The van der Waals surface area contributed by atoms with Gasteiger partial charge in [0, 0.05) is 11.7 Å². The Morgan fingerprint density at radius 1 is 1.22 bits per heavy atom. The molecule has 2 aromatic carbocycles. The van der Waals surface area contributed by atoms with E-state index in [2.05, 4.69) is 5.32 Å². The number of hydrogen-bond acceptors (Lipinski definition) is 5. The number of thiocarbonyl (C=S) groups is 1. The molecular formula is C22H19F3N2O3S2. The molecule has 2 aromatic rings. The van der Waals surface area contributed by atoms with Crippen LogP contribution >= 0.6 is 24.0 Å². The van der Waals surface area contributed by atoms with Gasteiger partial charge in [-0.25, -0.2) is 0 Å². The van der Waals surface area contributed by atoms with Crippen LogP contribution in [-0.2, 0) is 15.8 Å². The van der Waals surface area contributed by atoms with Gasteiger partial charge in [-0.05, 0) is 55.8 Å². The van der Waals surface area contributed by atoms with Gasteiger partial charge in [-0.15, -0.1) is 0 Å². The van der Waals surface area contributed by atoms with Crippen molar-refractivity contribution in [3.05, 3.63) is 64.6 Å². The summed E-state index contributed by atoms with van der Waals surface area (Å²) >= 11 is 6.48. The molecular weight excluding hydrogens is 461 g/mol. The maximum Gasteiger partial charge on any atom is 0.416 e. The summed E-state index contributed by atoms with van der Waals surface area (Å²) < 4.78 is 44.3. The first-order valence-electron chi connectivity index (χ1n) is 9.51. The Morgan fingerprint density at radius 2 is 1.94 bits per heavy atom. The molecule has 1 saturated heterocycles. The van der Waals surface area contributed by atoms with E-state index >= 15 is 0 Å². The highest BCUT2D eigenvalue weighted by Crippen LogP contribution is 2.34. The number of anilines is 1. The molecule has 0 aliphatic carbocycles. The van der Waals surface area contributed by atoms with E-state index in [-0.39, 0.29) is 17.6 Å². The molecule has 0 radical (unpaired) electrons. The first kappa shape index (κ1) is 23.8. The van der Waals surface area contributed by atoms with Crippen molar-refractivity contribution in [2.45, 2.75) is 26.1 Å². The highest BCUT2D eigenvalue weighted by atomic mass is 32.2. The lowest BCUT2D eigenvalue weighted by Crippen LogP contribution is -2.34. The van der Waals surface area contributed by atoms with Gasteiger partial charge in [-0.3, -0.25) is 14.5 Å². The SMILES string of the molecule is CC(C)N1C(=O)/C(=C/c2cccc(OCC(=O)Nc3cccc(C(F)(F)F)c3)c2)SC1=S. The molecule has 0 aromatic heterocycles. The van der Waals surface area contributed by atoms with Crippen molar-refractivity contribution in [1.82, 2.24) is 4.90 Å². The Balaban J connectivity index is 1.63. The van der Waals surface area contributed by atoms with Crippen LogP contribution in [0.1, 0.15) is 25.0 Å². The van der Waals surface area contributed by atoms with Crippen molar-refractivity contribution in [1.29, 1.82) is 0 Å². The van der Waals surface area contributed by atoms with Crippen LogP contribution in [0.25, 0.3) is 6.08 Å². The molecule has 10 heteroatoms. The van der Waals surface area contributed by atoms with Gasteiger partial charge in [0.25, 0.3) is 11.8 Å². The number of halogens is 3. The average Bonchev–Trinajstić information content (AvgIpc) is 2.99. The van der Waals surface area contributed by atoms with Crippen LogP contribution in [0.5, 0.6) is 5.75 Å². The number of carbonyl (C=O) groups is 2. The Morgan fingerprint density at radius 3 is 2.59 bits per heavy atom. The van der Waals surface area contributed by atoms with Crippen LogP contribution < -0.4 is 10.1 Å². The molecule has 5 nitrogen and oxygen atoms in total. The quantitative estimate of drug-likeness (QED) is 0.447. The van der Waals surface area contributed by atoms with Gasteiger partial charge in [-0.1, -0.05) is 42.2 Å². The Bertz CT molecular complexity index is 1080. The maximum absolute atomic E-state index is 12.8. The largest absolute Gasteiger partial charge is 0.484 e. The molecule has 0 spiro atoms. The fourth-order valence-corrected chi connectivity index (χ4v) is 4.41. The van der Waals surface area contributed by atoms with Crippen molar-refractivity contribution in [3.63, 3.8) is 0 Å². The number of alkyl halides is 3. The van der Waals surface area contributed by atoms with Crippen LogP contribution in [0, 0.1) is 0 Å². The molecule has 2 amide bonds. The predicted octanol–water partition coefficient (Wildman–Crippen LogP) is 5.33. The van der Waals surface area contributed by atoms with Gasteiger partial charge in [0.05, 0.1) is 10.5 Å². The number of carbonyl (C=O) groups excluding carboxylic acids is 2. The zero-order valence-corrected chi connectivity index (χ0v) is 18.7. The number of nitrogens with zero attached hydrogens (tertiary/aromatic N) is 1. The maximum atomic E-state index is 12.8. The second-order valence-electron chi connectivity index (χ2n) is 7.13. The van der Waals surface area contributed by atoms with Crippen molar-refractivity contribution >= 4 is 51.9 Å². The number of ether oxygens (including phenoxy) is 1. The topological polar surface area (TPSA) is 58.6 Å². The monoisotopic (exact) mass is 480 g/mol. The van der Waals surface area contributed by atoms with Gasteiger partial charge in [0.1, 0.15) is 10.1 Å². The summed E-state index contributed by atoms with van der Waals surface area (Å²) in [5.74, 6) is -0.397. The summed E-state index contributed by atoms with van der Waals surface area (Å²) in [6.45, 7) is 3.37. The fraction of sp³-hybridized carbons (Fsp3) is 0.227. The van der Waals surface area contributed by atoms with Crippen molar-refractivity contribution < 1.29 is 27.5 Å². The molecule has 1 aliphatic rings. The smallest absolute Gasteiger partial charge is 0.416 e. The highest BCUT2D eigenvalue weighted by Gasteiger charge is 2.33. The number of nitrogens with one attached hydrogen (secondary N) is 1. The molecule has 1 fully saturated rings. The zero-order valence-electron chi connectivity index (χ0n) is 17.1. The van der Waals surface area contributed by atoms with Crippen LogP contribution in [0.4, 0.5) is 18.9 Å². The van der Waals surface area contributed by atoms with Gasteiger partial charge >= 0.3 is 6.18 Å². The second-order valence-corrected chi connectivity index (χ2v) is 8.81. The number of amides is 2. The molecule has 32 heavy (non-hydrogen) atoms. The molecule has 0 saturated carbocycles. The van der Waals surface area contributed by atoms with Gasteiger partial charge in [-0.2, -0.15) is 13.2 Å². The lowest BCUT2D eigenvalue weighted by atomic mass is 10.2. The van der Waals surface area contributed by atoms with Gasteiger partial charge < -0.3 is 10.1 Å². The van der Waals surface area contributed by atoms with Crippen LogP contribution in [-0.4, -0.2) is 33.7 Å². The molecule has 0 unspecified atom stereocenters. The van der Waals surface area contributed by atoms with Crippen LogP contribution in [0.15, 0.2) is 53.4 Å². The molecule has 0 bridgehead atoms.